The topological polar surface area (TPSA) is 46.1 Å². The summed E-state index contributed by atoms with van der Waals surface area (Å²) in [6.07, 6.45) is 0.727. The molecule has 90 valence electrons. The molecular weight excluding hydrogens is 246 g/mol. The van der Waals surface area contributed by atoms with Crippen molar-refractivity contribution >= 4 is 29.0 Å². The van der Waals surface area contributed by atoms with Crippen LogP contribution in [0.1, 0.15) is 36.1 Å². The van der Waals surface area contributed by atoms with E-state index < -0.39 is 0 Å². The molecule has 1 aromatic rings. The maximum atomic E-state index is 12.2. The van der Waals surface area contributed by atoms with Crippen molar-refractivity contribution in [1.29, 1.82) is 0 Å². The van der Waals surface area contributed by atoms with Crippen LogP contribution in [0.4, 0.5) is 0 Å². The average Bonchev–Trinajstić information content (AvgIpc) is 2.72. The van der Waals surface area contributed by atoms with Crippen molar-refractivity contribution in [2.24, 2.45) is 0 Å². The Kier molecular flexibility index (Phi) is 5.15. The number of aryl methyl sites for hydroxylation is 1. The normalized spacial score (nSPS) is 10.8. The number of hydrogen-bond donors (Lipinski definition) is 0. The molecule has 0 aliphatic rings. The van der Waals surface area contributed by atoms with E-state index >= 15 is 0 Å². The molecule has 1 aromatic heterocycles. The zero-order chi connectivity index (χ0) is 12.1. The van der Waals surface area contributed by atoms with Crippen molar-refractivity contribution in [1.82, 2.24) is 14.5 Å². The smallest absolute Gasteiger partial charge is 0.267 e. The highest BCUT2D eigenvalue weighted by Gasteiger charge is 2.23. The van der Waals surface area contributed by atoms with Crippen molar-refractivity contribution in [2.45, 2.75) is 33.2 Å². The summed E-state index contributed by atoms with van der Waals surface area (Å²) in [4.78, 5) is 14.6. The molecule has 1 rings (SSSR count). The van der Waals surface area contributed by atoms with Crippen LogP contribution in [0.15, 0.2) is 0 Å². The molecule has 0 saturated heterocycles. The Morgan fingerprint density at radius 3 is 2.75 bits per heavy atom. The molecule has 0 aliphatic heterocycles. The van der Waals surface area contributed by atoms with Gasteiger partial charge in [-0.25, -0.2) is 0 Å². The minimum Gasteiger partial charge on any atom is -0.334 e. The lowest BCUT2D eigenvalue weighted by Crippen LogP contribution is -2.38. The molecule has 16 heavy (non-hydrogen) atoms. The van der Waals surface area contributed by atoms with E-state index in [9.17, 15) is 4.79 Å². The van der Waals surface area contributed by atoms with Crippen molar-refractivity contribution in [3.63, 3.8) is 0 Å². The summed E-state index contributed by atoms with van der Waals surface area (Å²) in [5.74, 6) is 0.431. The highest BCUT2D eigenvalue weighted by atomic mass is 35.5. The van der Waals surface area contributed by atoms with Crippen LogP contribution in [0, 0.1) is 0 Å². The summed E-state index contributed by atoms with van der Waals surface area (Å²) in [5.41, 5.74) is 0.773. The van der Waals surface area contributed by atoms with E-state index in [1.54, 1.807) is 4.90 Å². The largest absolute Gasteiger partial charge is 0.334 e. The second-order valence-electron chi connectivity index (χ2n) is 3.68. The van der Waals surface area contributed by atoms with Crippen molar-refractivity contribution in [2.75, 3.05) is 12.4 Å². The Bertz CT molecular complexity index is 354. The van der Waals surface area contributed by atoms with Gasteiger partial charge in [-0.05, 0) is 31.8 Å². The Labute approximate surface area is 105 Å². The highest BCUT2D eigenvalue weighted by Crippen LogP contribution is 2.16. The molecule has 1 heterocycles. The number of alkyl halides is 1. The van der Waals surface area contributed by atoms with Crippen LogP contribution in [0.25, 0.3) is 0 Å². The summed E-state index contributed by atoms with van der Waals surface area (Å²) in [5, 5.41) is 3.95. The molecule has 0 N–H and O–H groups in total. The van der Waals surface area contributed by atoms with Crippen LogP contribution < -0.4 is 0 Å². The van der Waals surface area contributed by atoms with E-state index in [0.717, 1.165) is 23.6 Å². The van der Waals surface area contributed by atoms with Gasteiger partial charge in [-0.15, -0.1) is 16.7 Å². The Morgan fingerprint density at radius 1 is 1.56 bits per heavy atom. The lowest BCUT2D eigenvalue weighted by atomic mass is 10.2. The fourth-order valence-electron chi connectivity index (χ4n) is 1.42. The zero-order valence-corrected chi connectivity index (χ0v) is 11.3. The molecule has 0 unspecified atom stereocenters. The maximum absolute atomic E-state index is 12.2. The van der Waals surface area contributed by atoms with Crippen molar-refractivity contribution < 1.29 is 4.79 Å². The fourth-order valence-corrected chi connectivity index (χ4v) is 2.31. The lowest BCUT2D eigenvalue weighted by molar-refractivity contribution is 0.0722. The zero-order valence-electron chi connectivity index (χ0n) is 9.73. The predicted molar refractivity (Wildman–Crippen MR) is 66.2 cm³/mol. The molecule has 0 radical (unpaired) electrons. The monoisotopic (exact) mass is 261 g/mol. The van der Waals surface area contributed by atoms with Crippen molar-refractivity contribution in [3.05, 3.63) is 10.6 Å². The third-order valence-electron chi connectivity index (χ3n) is 2.29. The van der Waals surface area contributed by atoms with Crippen LogP contribution >= 0.6 is 23.1 Å². The lowest BCUT2D eigenvalue weighted by Gasteiger charge is -2.25. The van der Waals surface area contributed by atoms with E-state index in [-0.39, 0.29) is 11.9 Å². The first-order valence-corrected chi connectivity index (χ1v) is 6.60. The van der Waals surface area contributed by atoms with Gasteiger partial charge >= 0.3 is 0 Å². The highest BCUT2D eigenvalue weighted by molar-refractivity contribution is 7.08. The van der Waals surface area contributed by atoms with Crippen LogP contribution in [-0.2, 0) is 6.42 Å². The summed E-state index contributed by atoms with van der Waals surface area (Å²) in [6.45, 7) is 6.48. The quantitative estimate of drug-likeness (QED) is 0.764. The maximum Gasteiger partial charge on any atom is 0.267 e. The number of carbonyl (C=O) groups excluding carboxylic acids is 1. The molecule has 0 atom stereocenters. The molecule has 4 nitrogen and oxygen atoms in total. The van der Waals surface area contributed by atoms with Gasteiger partial charge in [-0.2, -0.15) is 0 Å². The third-order valence-corrected chi connectivity index (χ3v) is 3.22. The first-order valence-electron chi connectivity index (χ1n) is 5.30. The van der Waals surface area contributed by atoms with Gasteiger partial charge in [0.2, 0.25) is 0 Å². The molecule has 0 bridgehead atoms. The number of carbonyl (C=O) groups is 1. The Morgan fingerprint density at radius 2 is 2.25 bits per heavy atom. The molecule has 0 aliphatic carbocycles. The molecule has 0 saturated carbocycles. The summed E-state index contributed by atoms with van der Waals surface area (Å²) in [6, 6.07) is 0.137. The number of aromatic nitrogens is 2. The average molecular weight is 262 g/mol. The number of hydrogen-bond acceptors (Lipinski definition) is 4. The van der Waals surface area contributed by atoms with Gasteiger partial charge < -0.3 is 4.90 Å². The van der Waals surface area contributed by atoms with E-state index in [1.807, 2.05) is 20.8 Å². The summed E-state index contributed by atoms with van der Waals surface area (Å²) >= 11 is 6.86. The number of nitrogens with zero attached hydrogens (tertiary/aromatic N) is 3. The molecule has 6 heteroatoms. The molecule has 0 aromatic carbocycles. The predicted octanol–water partition coefficient (Wildman–Crippen LogP) is 2.19. The van der Waals surface area contributed by atoms with E-state index in [2.05, 4.69) is 9.59 Å². The minimum atomic E-state index is -0.0116. The first kappa shape index (κ1) is 13.4. The Hall–Kier alpha value is -0.680. The number of halogens is 1. The van der Waals surface area contributed by atoms with Gasteiger partial charge in [-0.3, -0.25) is 4.79 Å². The fraction of sp³-hybridized carbons (Fsp3) is 0.700. The number of rotatable bonds is 5. The summed E-state index contributed by atoms with van der Waals surface area (Å²) in [7, 11) is 0. The van der Waals surface area contributed by atoms with Crippen LogP contribution in [0.2, 0.25) is 0 Å². The molecule has 0 fully saturated rings. The van der Waals surface area contributed by atoms with E-state index in [1.165, 1.54) is 0 Å². The van der Waals surface area contributed by atoms with Gasteiger partial charge in [0.15, 0.2) is 0 Å². The standard InChI is InChI=1S/C10H16ClN3OS/c1-4-8-9(16-13-12-8)10(15)14(6-5-11)7(2)3/h7H,4-6H2,1-3H3. The van der Waals surface area contributed by atoms with Gasteiger partial charge in [0.05, 0.1) is 5.69 Å². The van der Waals surface area contributed by atoms with Gasteiger partial charge in [0, 0.05) is 18.5 Å². The number of amides is 1. The van der Waals surface area contributed by atoms with Crippen LogP contribution in [0.5, 0.6) is 0 Å². The third kappa shape index (κ3) is 2.92. The Balaban J connectivity index is 2.90. The second kappa shape index (κ2) is 6.15. The van der Waals surface area contributed by atoms with Gasteiger partial charge in [-0.1, -0.05) is 11.4 Å². The van der Waals surface area contributed by atoms with Crippen molar-refractivity contribution in [3.8, 4) is 0 Å². The minimum absolute atomic E-state index is 0.0116. The van der Waals surface area contributed by atoms with E-state index in [4.69, 9.17) is 11.6 Å². The molecule has 0 spiro atoms. The van der Waals surface area contributed by atoms with Crippen LogP contribution in [-0.4, -0.2) is 38.9 Å². The SMILES string of the molecule is CCc1nnsc1C(=O)N(CCCl)C(C)C. The molecule has 1 amide bonds. The van der Waals surface area contributed by atoms with Gasteiger partial charge in [0.25, 0.3) is 5.91 Å². The first-order chi connectivity index (χ1) is 7.61. The summed E-state index contributed by atoms with van der Waals surface area (Å²) < 4.78 is 3.83. The van der Waals surface area contributed by atoms with Gasteiger partial charge in [0.1, 0.15) is 4.88 Å². The van der Waals surface area contributed by atoms with Crippen LogP contribution in [0.3, 0.4) is 0 Å². The molecular formula is C10H16ClN3OS. The second-order valence-corrected chi connectivity index (χ2v) is 4.82. The van der Waals surface area contributed by atoms with E-state index in [0.29, 0.717) is 17.3 Å².